The van der Waals surface area contributed by atoms with Crippen molar-refractivity contribution in [3.05, 3.63) is 63.4 Å². The van der Waals surface area contributed by atoms with Crippen LogP contribution < -0.4 is 0 Å². The second kappa shape index (κ2) is 9.65. The Hall–Kier alpha value is -2.77. The van der Waals surface area contributed by atoms with Crippen LogP contribution >= 0.6 is 0 Å². The van der Waals surface area contributed by atoms with Crippen molar-refractivity contribution in [1.82, 2.24) is 0 Å². The van der Waals surface area contributed by atoms with Gasteiger partial charge in [-0.15, -0.1) is 0 Å². The van der Waals surface area contributed by atoms with Gasteiger partial charge in [-0.3, -0.25) is 4.18 Å². The van der Waals surface area contributed by atoms with Gasteiger partial charge in [-0.05, 0) is 46.8 Å². The van der Waals surface area contributed by atoms with Crippen molar-refractivity contribution in [1.29, 1.82) is 0 Å². The van der Waals surface area contributed by atoms with Crippen molar-refractivity contribution in [3.63, 3.8) is 0 Å². The van der Waals surface area contributed by atoms with Crippen molar-refractivity contribution in [2.75, 3.05) is 13.2 Å². The van der Waals surface area contributed by atoms with Gasteiger partial charge in [-0.2, -0.15) is 8.42 Å². The maximum atomic E-state index is 12.3. The maximum Gasteiger partial charge on any atom is 0.296 e. The van der Waals surface area contributed by atoms with E-state index in [1.165, 1.54) is 6.07 Å². The summed E-state index contributed by atoms with van der Waals surface area (Å²) in [5.41, 5.74) is 16.8. The van der Waals surface area contributed by atoms with E-state index in [9.17, 15) is 8.42 Å². The van der Waals surface area contributed by atoms with Gasteiger partial charge in [0.1, 0.15) is 0 Å². The minimum Gasteiger partial charge on any atom is -0.266 e. The van der Waals surface area contributed by atoms with Crippen molar-refractivity contribution in [3.8, 4) is 0 Å². The highest BCUT2D eigenvalue weighted by molar-refractivity contribution is 7.86. The number of unbranched alkanes of at least 4 members (excludes halogenated alkanes) is 1. The Morgan fingerprint density at radius 3 is 2.54 bits per heavy atom. The molecule has 0 fully saturated rings. The molecule has 9 nitrogen and oxygen atoms in total. The molecule has 0 N–H and O–H groups in total. The molecule has 2 aromatic rings. The Bertz CT molecular complexity index is 949. The molecule has 0 aromatic heterocycles. The first kappa shape index (κ1) is 19.6. The van der Waals surface area contributed by atoms with Crippen LogP contribution in [0, 0.1) is 0 Å². The summed E-state index contributed by atoms with van der Waals surface area (Å²) < 4.78 is 29.6. The predicted molar refractivity (Wildman–Crippen MR) is 97.9 cm³/mol. The molecule has 0 aliphatic heterocycles. The molecule has 0 heterocycles. The number of hydrogen-bond acceptors (Lipinski definition) is 5. The van der Waals surface area contributed by atoms with Gasteiger partial charge in [0.15, 0.2) is 0 Å². The molecule has 0 aliphatic rings. The third-order valence-corrected chi connectivity index (χ3v) is 5.06. The zero-order valence-corrected chi connectivity index (χ0v) is 14.8. The van der Waals surface area contributed by atoms with Crippen LogP contribution in [0.15, 0.2) is 57.6 Å². The Labute approximate surface area is 151 Å². The molecule has 1 atom stereocenters. The van der Waals surface area contributed by atoms with Crippen LogP contribution in [0.3, 0.4) is 0 Å². The number of hydrogen-bond donors (Lipinski definition) is 0. The van der Waals surface area contributed by atoms with Crippen LogP contribution in [-0.4, -0.2) is 27.6 Å². The van der Waals surface area contributed by atoms with E-state index in [-0.39, 0.29) is 18.0 Å². The first-order valence-corrected chi connectivity index (χ1v) is 9.41. The van der Waals surface area contributed by atoms with E-state index in [4.69, 9.17) is 15.2 Å². The molecule has 1 unspecified atom stereocenters. The van der Waals surface area contributed by atoms with Gasteiger partial charge < -0.3 is 0 Å². The van der Waals surface area contributed by atoms with E-state index < -0.39 is 16.2 Å². The lowest BCUT2D eigenvalue weighted by atomic mass is 10.1. The van der Waals surface area contributed by atoms with Crippen molar-refractivity contribution < 1.29 is 12.6 Å². The fourth-order valence-corrected chi connectivity index (χ4v) is 3.41. The Morgan fingerprint density at radius 2 is 1.81 bits per heavy atom. The molecule has 0 radical (unpaired) electrons. The number of rotatable bonds is 10. The molecular weight excluding hydrogens is 356 g/mol. The highest BCUT2D eigenvalue weighted by atomic mass is 32.2. The summed E-state index contributed by atoms with van der Waals surface area (Å²) in [7, 11) is -3.83. The fourth-order valence-electron chi connectivity index (χ4n) is 2.43. The smallest absolute Gasteiger partial charge is 0.266 e. The lowest BCUT2D eigenvalue weighted by Gasteiger charge is -2.09. The van der Waals surface area contributed by atoms with E-state index in [0.29, 0.717) is 19.3 Å². The molecule has 0 aliphatic carbocycles. The lowest BCUT2D eigenvalue weighted by Crippen LogP contribution is -2.10. The molecule has 2 aromatic carbocycles. The van der Waals surface area contributed by atoms with Gasteiger partial charge in [0.2, 0.25) is 0 Å². The SMILES string of the molecule is [N-]=[N+]=NCC(CCCCOS(=O)(=O)c1ccc2ccccc2c1)N=[N+]=[N-]. The van der Waals surface area contributed by atoms with Gasteiger partial charge >= 0.3 is 0 Å². The number of azide groups is 2. The van der Waals surface area contributed by atoms with Crippen molar-refractivity contribution >= 4 is 20.9 Å². The van der Waals surface area contributed by atoms with Crippen molar-refractivity contribution in [2.45, 2.75) is 30.2 Å². The summed E-state index contributed by atoms with van der Waals surface area (Å²) in [4.78, 5) is 5.45. The molecule has 0 amide bonds. The molecule has 10 heteroatoms. The Kier molecular flexibility index (Phi) is 7.25. The summed E-state index contributed by atoms with van der Waals surface area (Å²) in [6.07, 6.45) is 1.54. The average molecular weight is 374 g/mol. The van der Waals surface area contributed by atoms with Gasteiger partial charge in [0, 0.05) is 22.4 Å². The van der Waals surface area contributed by atoms with Crippen LogP contribution in [0.5, 0.6) is 0 Å². The van der Waals surface area contributed by atoms with Crippen LogP contribution in [0.2, 0.25) is 0 Å². The summed E-state index contributed by atoms with van der Waals surface area (Å²) in [5, 5.41) is 8.70. The van der Waals surface area contributed by atoms with E-state index in [1.54, 1.807) is 12.1 Å². The summed E-state index contributed by atoms with van der Waals surface area (Å²) in [6.45, 7) is 0.108. The zero-order valence-electron chi connectivity index (χ0n) is 14.0. The normalized spacial score (nSPS) is 12.2. The maximum absolute atomic E-state index is 12.3. The first-order chi connectivity index (χ1) is 12.6. The predicted octanol–water partition coefficient (Wildman–Crippen LogP) is 4.70. The van der Waals surface area contributed by atoms with Gasteiger partial charge in [0.25, 0.3) is 10.1 Å². The van der Waals surface area contributed by atoms with E-state index in [0.717, 1.165) is 10.8 Å². The van der Waals surface area contributed by atoms with E-state index in [2.05, 4.69) is 20.1 Å². The van der Waals surface area contributed by atoms with Crippen molar-refractivity contribution in [2.24, 2.45) is 10.2 Å². The first-order valence-electron chi connectivity index (χ1n) is 8.00. The third kappa shape index (κ3) is 5.65. The standard InChI is InChI=1S/C16H18N6O3S/c17-21-19-12-15(20-22-18)7-3-4-10-25-26(23,24)16-9-8-13-5-1-2-6-14(13)11-16/h1-2,5-6,8-9,11,15H,3-4,7,10,12H2. The van der Waals surface area contributed by atoms with E-state index in [1.807, 2.05) is 24.3 Å². The molecule has 0 bridgehead atoms. The van der Waals surface area contributed by atoms with Gasteiger partial charge in [0.05, 0.1) is 11.5 Å². The minimum absolute atomic E-state index is 0.0274. The highest BCUT2D eigenvalue weighted by Gasteiger charge is 2.15. The number of benzene rings is 2. The van der Waals surface area contributed by atoms with Crippen LogP contribution in [0.1, 0.15) is 19.3 Å². The minimum atomic E-state index is -3.83. The lowest BCUT2D eigenvalue weighted by molar-refractivity contribution is 0.305. The second-order valence-electron chi connectivity index (χ2n) is 5.55. The second-order valence-corrected chi connectivity index (χ2v) is 7.17. The largest absolute Gasteiger partial charge is 0.296 e. The quantitative estimate of drug-likeness (QED) is 0.195. The van der Waals surface area contributed by atoms with Crippen LogP contribution in [0.4, 0.5) is 0 Å². The number of nitrogens with zero attached hydrogens (tertiary/aromatic N) is 6. The topological polar surface area (TPSA) is 141 Å². The summed E-state index contributed by atoms with van der Waals surface area (Å²) in [5.74, 6) is 0. The summed E-state index contributed by atoms with van der Waals surface area (Å²) in [6, 6.07) is 11.9. The molecule has 2 rings (SSSR count). The molecule has 0 saturated carbocycles. The van der Waals surface area contributed by atoms with Gasteiger partial charge in [-0.1, -0.05) is 47.0 Å². The van der Waals surface area contributed by atoms with Crippen LogP contribution in [0.25, 0.3) is 31.7 Å². The Morgan fingerprint density at radius 1 is 1.04 bits per heavy atom. The summed E-state index contributed by atoms with van der Waals surface area (Å²) >= 11 is 0. The number of fused-ring (bicyclic) bond motifs is 1. The molecule has 0 saturated heterocycles. The molecule has 26 heavy (non-hydrogen) atoms. The Balaban J connectivity index is 1.87. The molecule has 0 spiro atoms. The monoisotopic (exact) mass is 374 g/mol. The van der Waals surface area contributed by atoms with Crippen LogP contribution in [-0.2, 0) is 14.3 Å². The molecule has 136 valence electrons. The molecular formula is C16H18N6O3S. The van der Waals surface area contributed by atoms with Gasteiger partial charge in [-0.25, -0.2) is 0 Å². The van der Waals surface area contributed by atoms with E-state index >= 15 is 0 Å². The highest BCUT2D eigenvalue weighted by Crippen LogP contribution is 2.20. The third-order valence-electron chi connectivity index (χ3n) is 3.75. The average Bonchev–Trinajstić information content (AvgIpc) is 2.65. The fraction of sp³-hybridized carbons (Fsp3) is 0.375. The zero-order chi connectivity index (χ0) is 18.8.